The van der Waals surface area contributed by atoms with Crippen molar-refractivity contribution in [2.75, 3.05) is 0 Å². The van der Waals surface area contributed by atoms with Crippen molar-refractivity contribution < 1.29 is 41.9 Å². The first-order chi connectivity index (χ1) is 33.7. The van der Waals surface area contributed by atoms with Crippen LogP contribution in [0.1, 0.15) is 57.3 Å². The average molecular weight is 1280 g/mol. The zero-order chi connectivity index (χ0) is 45.5. The Hall–Kier alpha value is -5.22. The first-order valence-corrected chi connectivity index (χ1v) is 35.2. The quantitative estimate of drug-likeness (QED) is 0.107. The van der Waals surface area contributed by atoms with Crippen LogP contribution < -0.4 is 6.64 Å². The minimum Gasteiger partial charge on any atom is -0.147 e. The van der Waals surface area contributed by atoms with E-state index >= 15 is 0 Å². The van der Waals surface area contributed by atoms with Gasteiger partial charge in [0.25, 0.3) is 0 Å². The van der Waals surface area contributed by atoms with Gasteiger partial charge < -0.3 is 0 Å². The molecule has 0 radical (unpaired) electrons. The average Bonchev–Trinajstić information content (AvgIpc) is 4.24. The summed E-state index contributed by atoms with van der Waals surface area (Å²) in [6.07, 6.45) is 23.0. The number of fused-ring (bicyclic) bond motifs is 6. The maximum absolute atomic E-state index is 2.56. The van der Waals surface area contributed by atoms with Gasteiger partial charge in [-0.1, -0.05) is 0 Å². The number of hydrogen-bond acceptors (Lipinski definition) is 0. The van der Waals surface area contributed by atoms with Gasteiger partial charge in [-0.2, -0.15) is 0 Å². The summed E-state index contributed by atoms with van der Waals surface area (Å²) in [7, 11) is 0. The fourth-order valence-corrected chi connectivity index (χ4v) is 34.9. The maximum Gasteiger partial charge on any atom is -0.147 e. The molecule has 0 heterocycles. The van der Waals surface area contributed by atoms with Crippen LogP contribution in [0.2, 0.25) is 0 Å². The van der Waals surface area contributed by atoms with Crippen LogP contribution in [0.5, 0.6) is 0 Å². The number of halogens is 2. The van der Waals surface area contributed by atoms with E-state index in [1.807, 2.05) is 0 Å². The molecule has 12 rings (SSSR count). The van der Waals surface area contributed by atoms with Crippen molar-refractivity contribution in [2.45, 2.75) is 51.4 Å². The summed E-state index contributed by atoms with van der Waals surface area (Å²) in [5.41, 5.74) is 17.8. The predicted molar refractivity (Wildman–Crippen MR) is 297 cm³/mol. The van der Waals surface area contributed by atoms with E-state index in [4.69, 9.17) is 0 Å². The first kappa shape index (κ1) is 49.7. The minimum absolute atomic E-state index is 0. The molecule has 344 valence electrons. The predicted octanol–water partition coefficient (Wildman–Crippen LogP) is 14.8. The Morgan fingerprint density at radius 2 is 0.643 bits per heavy atom. The summed E-state index contributed by atoms with van der Waals surface area (Å²) in [6, 6.07) is 76.8. The molecule has 0 bridgehead atoms. The van der Waals surface area contributed by atoms with Gasteiger partial charge in [0.2, 0.25) is 0 Å². The molecule has 0 saturated heterocycles. The Morgan fingerprint density at radius 1 is 0.329 bits per heavy atom. The van der Waals surface area contributed by atoms with E-state index in [2.05, 4.69) is 243 Å². The van der Waals surface area contributed by atoms with Crippen LogP contribution in [0.3, 0.4) is 0 Å². The minimum atomic E-state index is -2.56. The van der Waals surface area contributed by atoms with Crippen molar-refractivity contribution in [2.24, 2.45) is 0 Å². The van der Waals surface area contributed by atoms with Crippen LogP contribution in [-0.4, -0.2) is 6.51 Å². The van der Waals surface area contributed by atoms with Gasteiger partial charge in [0, 0.05) is 0 Å². The van der Waals surface area contributed by atoms with Gasteiger partial charge in [-0.05, 0) is 0 Å². The molecule has 0 amide bonds. The van der Waals surface area contributed by atoms with E-state index < -0.39 is 41.9 Å². The smallest absolute Gasteiger partial charge is 0.147 e. The molecule has 0 saturated carbocycles. The first-order valence-electron chi connectivity index (χ1n) is 24.5. The van der Waals surface area contributed by atoms with Crippen LogP contribution in [0.15, 0.2) is 249 Å². The van der Waals surface area contributed by atoms with Crippen molar-refractivity contribution in [3.63, 3.8) is 0 Å². The Balaban J connectivity index is 0.000000169. The second kappa shape index (κ2) is 23.8. The molecule has 8 aromatic rings. The summed E-state index contributed by atoms with van der Waals surface area (Å²) >= 11 is -5.12. The second-order valence-corrected chi connectivity index (χ2v) is 37.5. The summed E-state index contributed by atoms with van der Waals surface area (Å²) in [5.74, 6) is 0. The Bertz CT molecular complexity index is 2990. The van der Waals surface area contributed by atoms with Gasteiger partial charge in [-0.3, -0.25) is 0 Å². The zero-order valence-electron chi connectivity index (χ0n) is 39.6. The summed E-state index contributed by atoms with van der Waals surface area (Å²) in [6.45, 7) is 0. The molecule has 0 atom stereocenters. The van der Waals surface area contributed by atoms with E-state index in [1.54, 1.807) is 30.9 Å². The van der Waals surface area contributed by atoms with Gasteiger partial charge in [0.05, 0.1) is 0 Å². The third kappa shape index (κ3) is 11.1. The molecule has 70 heavy (non-hydrogen) atoms. The van der Waals surface area contributed by atoms with Gasteiger partial charge in [-0.15, -0.1) is 24.8 Å². The summed E-state index contributed by atoms with van der Waals surface area (Å²) in [4.78, 5) is 0. The molecule has 0 spiro atoms. The van der Waals surface area contributed by atoms with Crippen molar-refractivity contribution in [1.82, 2.24) is 0 Å². The molecule has 0 fully saturated rings. The third-order valence-electron chi connectivity index (χ3n) is 14.2. The van der Waals surface area contributed by atoms with Crippen molar-refractivity contribution >= 4 is 38.0 Å². The number of rotatable bonds is 12. The summed E-state index contributed by atoms with van der Waals surface area (Å²) in [5, 5.41) is 0. The summed E-state index contributed by atoms with van der Waals surface area (Å²) < 4.78 is 10.5. The number of allylic oxidation sites excluding steroid dienone is 8. The van der Waals surface area contributed by atoms with Crippen LogP contribution in [0, 0.1) is 0 Å². The molecule has 0 N–H and O–H groups in total. The molecule has 0 aromatic heterocycles. The monoisotopic (exact) mass is 1280 g/mol. The Kier molecular flexibility index (Phi) is 16.9. The van der Waals surface area contributed by atoms with Crippen molar-refractivity contribution in [1.29, 1.82) is 0 Å². The van der Waals surface area contributed by atoms with Crippen LogP contribution >= 0.6 is 24.8 Å². The molecule has 8 aromatic carbocycles. The zero-order valence-corrected chi connectivity index (χ0v) is 48.4. The maximum atomic E-state index is 2.49. The van der Waals surface area contributed by atoms with Gasteiger partial charge in [-0.25, -0.2) is 0 Å². The Morgan fingerprint density at radius 3 is 0.971 bits per heavy atom. The van der Waals surface area contributed by atoms with E-state index in [-0.39, 0.29) is 24.8 Å². The standard InChI is InChI=1S/2C15H14.2C13H9.2C5H5.2ClH.2Hf/c2*1-3-8-14(9-4-1)12-7-13-15-10-5-2-6-11-15;2*1-3-7-12-10(5-1)9-11-6-2-4-8-13(11)12;2*1-2-4-5-3-1;;;;/h2*1-6,8-11H,12-13H2;2*1-5,7-8H,9H2;2*1-3H,4H2;2*1H;;. The Labute approximate surface area is 443 Å². The normalized spacial score (nSPS) is 13.0. The fraction of sp³-hybridized carbons (Fsp3) is 0.121. The van der Waals surface area contributed by atoms with Crippen LogP contribution in [0.4, 0.5) is 0 Å². The molecular formula is C66H58Cl2Hf2. The van der Waals surface area contributed by atoms with Crippen molar-refractivity contribution in [3.8, 4) is 22.3 Å². The molecule has 0 aliphatic heterocycles. The molecular weight excluding hydrogens is 1220 g/mol. The molecule has 4 aliphatic rings. The second-order valence-electron chi connectivity index (χ2n) is 18.6. The number of hydrogen-bond donors (Lipinski definition) is 0. The van der Waals surface area contributed by atoms with E-state index in [0.29, 0.717) is 0 Å². The van der Waals surface area contributed by atoms with E-state index in [0.717, 1.165) is 51.4 Å². The third-order valence-corrected chi connectivity index (χ3v) is 36.3. The molecule has 4 heteroatoms. The topological polar surface area (TPSA) is 0 Å². The van der Waals surface area contributed by atoms with E-state index in [1.165, 1.54) is 55.6 Å². The molecule has 0 unspecified atom stereocenters. The van der Waals surface area contributed by atoms with Crippen molar-refractivity contribution in [3.05, 3.63) is 294 Å². The van der Waals surface area contributed by atoms with Gasteiger partial charge in [0.15, 0.2) is 0 Å². The molecule has 4 aliphatic carbocycles. The van der Waals surface area contributed by atoms with Crippen LogP contribution in [0.25, 0.3) is 22.3 Å². The van der Waals surface area contributed by atoms with E-state index in [9.17, 15) is 0 Å². The van der Waals surface area contributed by atoms with Crippen LogP contribution in [-0.2, 0) is 80.4 Å². The largest absolute Gasteiger partial charge is 0.147 e. The molecule has 0 nitrogen and oxygen atoms in total. The van der Waals surface area contributed by atoms with Gasteiger partial charge in [0.1, 0.15) is 0 Å². The van der Waals surface area contributed by atoms with Gasteiger partial charge >= 0.3 is 423 Å². The SMILES string of the molecule is C1=CC[C]([Hf](=[C](Cc2ccccc2)Cc2ccccc2)[c]2cccc3c2Cc2ccccc2-3)=C1.C1=CC[C]([Hf](=[C](Cc2ccccc2)Cc2ccccc2)[c]2cccc3c2Cc2ccccc2-3)=C1.Cl.Cl. The fourth-order valence-electron chi connectivity index (χ4n) is 11.1. The number of benzene rings is 8.